The summed E-state index contributed by atoms with van der Waals surface area (Å²) in [6, 6.07) is 0. The van der Waals surface area contributed by atoms with Gasteiger partial charge in [0.1, 0.15) is 5.37 Å². The Balaban J connectivity index is 1.89. The lowest BCUT2D eigenvalue weighted by Crippen LogP contribution is -2.51. The van der Waals surface area contributed by atoms with Gasteiger partial charge in [-0.15, -0.1) is 0 Å². The van der Waals surface area contributed by atoms with Crippen molar-refractivity contribution in [3.63, 3.8) is 0 Å². The molecule has 0 aromatic heterocycles. The smallest absolute Gasteiger partial charge is 0.283 e. The molecule has 2 heterocycles. The molecule has 0 amide bonds. The van der Waals surface area contributed by atoms with Gasteiger partial charge in [0, 0.05) is 39.1 Å². The van der Waals surface area contributed by atoms with Crippen molar-refractivity contribution in [2.24, 2.45) is 0 Å². The molecule has 7 heteroatoms. The van der Waals surface area contributed by atoms with Crippen molar-refractivity contribution in [1.82, 2.24) is 9.80 Å². The Morgan fingerprint density at radius 3 is 2.44 bits per heavy atom. The molecule has 1 N–H and O–H groups in total. The summed E-state index contributed by atoms with van der Waals surface area (Å²) < 4.78 is 27.9. The number of piperazine rings is 1. The number of rotatable bonds is 3. The highest BCUT2D eigenvalue weighted by molar-refractivity contribution is 7.87. The van der Waals surface area contributed by atoms with E-state index in [1.165, 1.54) is 0 Å². The van der Waals surface area contributed by atoms with E-state index in [4.69, 9.17) is 9.29 Å². The molecule has 0 aromatic rings. The highest BCUT2D eigenvalue weighted by Gasteiger charge is 2.38. The van der Waals surface area contributed by atoms with Gasteiger partial charge in [0.05, 0.1) is 13.2 Å². The van der Waals surface area contributed by atoms with E-state index in [0.717, 1.165) is 26.2 Å². The zero-order chi connectivity index (χ0) is 11.6. The summed E-state index contributed by atoms with van der Waals surface area (Å²) in [6.07, 6.45) is 0.572. The predicted octanol–water partition coefficient (Wildman–Crippen LogP) is -1.33. The first kappa shape index (κ1) is 12.3. The second-order valence-electron chi connectivity index (χ2n) is 4.16. The maximum Gasteiger partial charge on any atom is 0.283 e. The standard InChI is InChI=1S/C9H18N2O4S/c12-7-6-10-2-4-11(5-3-10)9-1-8-15-16(9,13)14/h9,12H,1-8H2. The van der Waals surface area contributed by atoms with Gasteiger partial charge in [-0.25, -0.2) is 0 Å². The van der Waals surface area contributed by atoms with Gasteiger partial charge >= 0.3 is 0 Å². The first-order chi connectivity index (χ1) is 7.63. The highest BCUT2D eigenvalue weighted by Crippen LogP contribution is 2.22. The van der Waals surface area contributed by atoms with Crippen LogP contribution in [0.4, 0.5) is 0 Å². The van der Waals surface area contributed by atoms with Crippen molar-refractivity contribution in [3.05, 3.63) is 0 Å². The van der Waals surface area contributed by atoms with Crippen molar-refractivity contribution in [2.45, 2.75) is 11.8 Å². The van der Waals surface area contributed by atoms with Crippen LogP contribution in [0, 0.1) is 0 Å². The van der Waals surface area contributed by atoms with Crippen LogP contribution in [0.5, 0.6) is 0 Å². The second-order valence-corrected chi connectivity index (χ2v) is 5.92. The molecule has 16 heavy (non-hydrogen) atoms. The fourth-order valence-electron chi connectivity index (χ4n) is 2.27. The van der Waals surface area contributed by atoms with E-state index >= 15 is 0 Å². The van der Waals surface area contributed by atoms with Gasteiger partial charge in [0.2, 0.25) is 0 Å². The summed E-state index contributed by atoms with van der Waals surface area (Å²) in [5.41, 5.74) is 0. The Kier molecular flexibility index (Phi) is 3.81. The van der Waals surface area contributed by atoms with E-state index in [-0.39, 0.29) is 6.61 Å². The minimum Gasteiger partial charge on any atom is -0.395 e. The Hall–Kier alpha value is -0.210. The van der Waals surface area contributed by atoms with Gasteiger partial charge in [0.15, 0.2) is 0 Å². The molecule has 0 radical (unpaired) electrons. The molecule has 6 nitrogen and oxygen atoms in total. The number of hydrogen-bond donors (Lipinski definition) is 1. The summed E-state index contributed by atoms with van der Waals surface area (Å²) >= 11 is 0. The third-order valence-corrected chi connectivity index (χ3v) is 4.87. The maximum absolute atomic E-state index is 11.6. The van der Waals surface area contributed by atoms with Gasteiger partial charge in [0.25, 0.3) is 10.1 Å². The van der Waals surface area contributed by atoms with E-state index in [1.807, 2.05) is 4.90 Å². The van der Waals surface area contributed by atoms with Gasteiger partial charge in [-0.05, 0) is 0 Å². The van der Waals surface area contributed by atoms with Gasteiger partial charge in [-0.3, -0.25) is 14.0 Å². The number of hydrogen-bond acceptors (Lipinski definition) is 6. The van der Waals surface area contributed by atoms with Crippen LogP contribution in [-0.2, 0) is 14.3 Å². The molecule has 1 atom stereocenters. The van der Waals surface area contributed by atoms with Crippen molar-refractivity contribution in [2.75, 3.05) is 45.9 Å². The summed E-state index contributed by atoms with van der Waals surface area (Å²) in [7, 11) is -3.36. The normalized spacial score (nSPS) is 31.9. The van der Waals surface area contributed by atoms with Gasteiger partial charge in [-0.2, -0.15) is 8.42 Å². The summed E-state index contributed by atoms with van der Waals surface area (Å²) in [5, 5.41) is 8.35. The Morgan fingerprint density at radius 1 is 1.25 bits per heavy atom. The lowest BCUT2D eigenvalue weighted by Gasteiger charge is -2.36. The summed E-state index contributed by atoms with van der Waals surface area (Å²) in [6.45, 7) is 4.22. The molecule has 1 unspecified atom stereocenters. The fourth-order valence-corrected chi connectivity index (χ4v) is 3.72. The van der Waals surface area contributed by atoms with Crippen molar-refractivity contribution in [3.8, 4) is 0 Å². The average molecular weight is 250 g/mol. The van der Waals surface area contributed by atoms with Crippen LogP contribution in [0.3, 0.4) is 0 Å². The Labute approximate surface area is 95.9 Å². The maximum atomic E-state index is 11.6. The average Bonchev–Trinajstić information content (AvgIpc) is 2.60. The monoisotopic (exact) mass is 250 g/mol. The molecule has 0 saturated carbocycles. The van der Waals surface area contributed by atoms with Crippen LogP contribution < -0.4 is 0 Å². The zero-order valence-electron chi connectivity index (χ0n) is 9.21. The molecule has 2 fully saturated rings. The van der Waals surface area contributed by atoms with Crippen LogP contribution in [0.1, 0.15) is 6.42 Å². The molecule has 0 bridgehead atoms. The van der Waals surface area contributed by atoms with E-state index in [2.05, 4.69) is 4.90 Å². The van der Waals surface area contributed by atoms with Crippen LogP contribution in [-0.4, -0.2) is 74.6 Å². The quantitative estimate of drug-likeness (QED) is 0.626. The third kappa shape index (κ3) is 2.54. The van der Waals surface area contributed by atoms with Crippen molar-refractivity contribution >= 4 is 10.1 Å². The largest absolute Gasteiger partial charge is 0.395 e. The van der Waals surface area contributed by atoms with Crippen LogP contribution in [0.25, 0.3) is 0 Å². The van der Waals surface area contributed by atoms with Crippen LogP contribution in [0.2, 0.25) is 0 Å². The first-order valence-corrected chi connectivity index (χ1v) is 7.06. The van der Waals surface area contributed by atoms with Gasteiger partial charge in [-0.1, -0.05) is 0 Å². The number of aliphatic hydroxyl groups is 1. The Morgan fingerprint density at radius 2 is 1.94 bits per heavy atom. The minimum atomic E-state index is -3.36. The van der Waals surface area contributed by atoms with E-state index < -0.39 is 15.5 Å². The highest BCUT2D eigenvalue weighted by atomic mass is 32.2. The topological polar surface area (TPSA) is 70.1 Å². The molecule has 2 saturated heterocycles. The lowest BCUT2D eigenvalue weighted by molar-refractivity contribution is 0.104. The molecule has 0 aromatic carbocycles. The third-order valence-electron chi connectivity index (χ3n) is 3.18. The first-order valence-electron chi connectivity index (χ1n) is 5.59. The summed E-state index contributed by atoms with van der Waals surface area (Å²) in [5.74, 6) is 0. The molecule has 0 spiro atoms. The van der Waals surface area contributed by atoms with E-state index in [9.17, 15) is 8.42 Å². The predicted molar refractivity (Wildman–Crippen MR) is 58.4 cm³/mol. The number of β-amino-alcohol motifs (C(OH)–C–C–N with tert-alkyl or cyclic N) is 1. The molecule has 2 aliphatic heterocycles. The van der Waals surface area contributed by atoms with Crippen molar-refractivity contribution in [1.29, 1.82) is 0 Å². The van der Waals surface area contributed by atoms with E-state index in [1.54, 1.807) is 0 Å². The molecule has 2 rings (SSSR count). The number of nitrogens with zero attached hydrogens (tertiary/aromatic N) is 2. The zero-order valence-corrected chi connectivity index (χ0v) is 10.0. The second kappa shape index (κ2) is 4.97. The van der Waals surface area contributed by atoms with Crippen LogP contribution >= 0.6 is 0 Å². The SMILES string of the molecule is O=S1(=O)OCCC1N1CCN(CCO)CC1. The minimum absolute atomic E-state index is 0.158. The molecular weight excluding hydrogens is 232 g/mol. The van der Waals surface area contributed by atoms with Crippen LogP contribution in [0.15, 0.2) is 0 Å². The number of aliphatic hydroxyl groups excluding tert-OH is 1. The Bertz CT molecular complexity index is 324. The van der Waals surface area contributed by atoms with Crippen molar-refractivity contribution < 1.29 is 17.7 Å². The lowest BCUT2D eigenvalue weighted by atomic mass is 10.3. The fraction of sp³-hybridized carbons (Fsp3) is 1.00. The molecular formula is C9H18N2O4S. The molecule has 0 aliphatic carbocycles. The molecule has 2 aliphatic rings. The van der Waals surface area contributed by atoms with Gasteiger partial charge < -0.3 is 5.11 Å². The summed E-state index contributed by atoms with van der Waals surface area (Å²) in [4.78, 5) is 4.11. The molecule has 94 valence electrons. The van der Waals surface area contributed by atoms with E-state index in [0.29, 0.717) is 19.6 Å².